The van der Waals surface area contributed by atoms with Gasteiger partial charge in [0, 0.05) is 13.1 Å². The van der Waals surface area contributed by atoms with E-state index in [1.807, 2.05) is 0 Å². The van der Waals surface area contributed by atoms with Crippen LogP contribution in [0, 0.1) is 5.92 Å². The number of hydrogen-bond acceptors (Lipinski definition) is 5. The minimum absolute atomic E-state index is 0.0109. The summed E-state index contributed by atoms with van der Waals surface area (Å²) >= 11 is 0. The van der Waals surface area contributed by atoms with Gasteiger partial charge in [0.05, 0.1) is 5.92 Å². The Morgan fingerprint density at radius 2 is 2.10 bits per heavy atom. The van der Waals surface area contributed by atoms with Crippen molar-refractivity contribution < 1.29 is 18.0 Å². The monoisotopic (exact) mass is 300 g/mol. The molecule has 1 aliphatic rings. The molecule has 7 nitrogen and oxygen atoms in total. The molecule has 2 aromatic rings. The number of hydrogen-bond donors (Lipinski definition) is 1. The molecule has 1 aliphatic heterocycles. The number of rotatable bonds is 2. The summed E-state index contributed by atoms with van der Waals surface area (Å²) in [5.41, 5.74) is 5.24. The van der Waals surface area contributed by atoms with Crippen molar-refractivity contribution in [3.63, 3.8) is 0 Å². The van der Waals surface area contributed by atoms with E-state index >= 15 is 0 Å². The molecule has 0 aliphatic carbocycles. The molecule has 2 N–H and O–H groups in total. The maximum Gasteiger partial charge on any atom is 0.453 e. The van der Waals surface area contributed by atoms with Crippen LogP contribution in [0.25, 0.3) is 5.65 Å². The number of primary amides is 1. The molecule has 1 saturated heterocycles. The van der Waals surface area contributed by atoms with E-state index in [2.05, 4.69) is 15.3 Å². The van der Waals surface area contributed by atoms with Crippen LogP contribution in [0.1, 0.15) is 12.2 Å². The van der Waals surface area contributed by atoms with Crippen molar-refractivity contribution >= 4 is 17.4 Å². The van der Waals surface area contributed by atoms with Crippen LogP contribution in [0.5, 0.6) is 0 Å². The van der Waals surface area contributed by atoms with Gasteiger partial charge in [-0.2, -0.15) is 17.7 Å². The number of nitrogens with two attached hydrogens (primary N) is 1. The molecule has 10 heteroatoms. The van der Waals surface area contributed by atoms with Gasteiger partial charge < -0.3 is 10.6 Å². The Labute approximate surface area is 116 Å². The zero-order chi connectivity index (χ0) is 15.2. The van der Waals surface area contributed by atoms with Crippen LogP contribution >= 0.6 is 0 Å². The van der Waals surface area contributed by atoms with E-state index in [0.717, 1.165) is 0 Å². The molecule has 1 amide bonds. The number of amides is 1. The second-order valence-corrected chi connectivity index (χ2v) is 4.82. The second kappa shape index (κ2) is 4.57. The Bertz CT molecular complexity index is 697. The second-order valence-electron chi connectivity index (χ2n) is 4.82. The van der Waals surface area contributed by atoms with Crippen molar-refractivity contribution in [2.75, 3.05) is 18.0 Å². The highest BCUT2D eigenvalue weighted by Crippen LogP contribution is 2.28. The van der Waals surface area contributed by atoms with Gasteiger partial charge in [-0.05, 0) is 18.6 Å². The minimum atomic E-state index is -4.63. The predicted octanol–water partition coefficient (Wildman–Crippen LogP) is 0.455. The van der Waals surface area contributed by atoms with Crippen LogP contribution in [0.2, 0.25) is 0 Å². The Kier molecular flexibility index (Phi) is 2.96. The first-order valence-corrected chi connectivity index (χ1v) is 6.20. The smallest absolute Gasteiger partial charge is 0.369 e. The molecule has 21 heavy (non-hydrogen) atoms. The summed E-state index contributed by atoms with van der Waals surface area (Å²) in [6.07, 6.45) is -4.07. The minimum Gasteiger partial charge on any atom is -0.369 e. The van der Waals surface area contributed by atoms with Crippen molar-refractivity contribution in [2.45, 2.75) is 12.6 Å². The van der Waals surface area contributed by atoms with E-state index in [-0.39, 0.29) is 11.6 Å². The highest BCUT2D eigenvalue weighted by atomic mass is 19.4. The topological polar surface area (TPSA) is 89.4 Å². The number of carbonyl (C=O) groups excluding carboxylic acids is 1. The first-order chi connectivity index (χ1) is 9.86. The summed E-state index contributed by atoms with van der Waals surface area (Å²) in [5.74, 6) is -1.58. The quantitative estimate of drug-likeness (QED) is 0.870. The molecule has 0 radical (unpaired) electrons. The lowest BCUT2D eigenvalue weighted by Gasteiger charge is -2.16. The molecule has 0 bridgehead atoms. The molecule has 0 aromatic carbocycles. The fourth-order valence-electron chi connectivity index (χ4n) is 2.33. The third-order valence-corrected chi connectivity index (χ3v) is 3.42. The van der Waals surface area contributed by atoms with Gasteiger partial charge >= 0.3 is 6.18 Å². The zero-order valence-corrected chi connectivity index (χ0v) is 10.7. The Hall–Kier alpha value is -2.39. The maximum absolute atomic E-state index is 12.8. The van der Waals surface area contributed by atoms with Gasteiger partial charge in [-0.3, -0.25) is 4.79 Å². The van der Waals surface area contributed by atoms with E-state index in [9.17, 15) is 18.0 Å². The van der Waals surface area contributed by atoms with E-state index in [1.165, 1.54) is 6.07 Å². The van der Waals surface area contributed by atoms with Gasteiger partial charge in [0.2, 0.25) is 5.91 Å². The van der Waals surface area contributed by atoms with Gasteiger partial charge in [-0.15, -0.1) is 15.3 Å². The third-order valence-electron chi connectivity index (χ3n) is 3.42. The standard InChI is InChI=1S/C11H11F3N6O/c12-11(13,14)10-17-16-7-1-2-8(18-20(7)10)19-4-3-6(5-19)9(15)21/h1-2,6H,3-5H2,(H2,15,21)/t6-/m0/s1. The Balaban J connectivity index is 1.96. The maximum atomic E-state index is 12.8. The molecule has 0 unspecified atom stereocenters. The lowest BCUT2D eigenvalue weighted by Crippen LogP contribution is -2.28. The zero-order valence-electron chi connectivity index (χ0n) is 10.7. The molecule has 1 atom stereocenters. The van der Waals surface area contributed by atoms with Crippen molar-refractivity contribution in [2.24, 2.45) is 11.7 Å². The molecular formula is C11H11F3N6O. The summed E-state index contributed by atoms with van der Waals surface area (Å²) in [7, 11) is 0. The van der Waals surface area contributed by atoms with Crippen LogP contribution in [-0.2, 0) is 11.0 Å². The van der Waals surface area contributed by atoms with Crippen LogP contribution in [-0.4, -0.2) is 38.8 Å². The molecule has 1 fully saturated rings. The van der Waals surface area contributed by atoms with E-state index in [0.29, 0.717) is 29.8 Å². The molecule has 0 spiro atoms. The van der Waals surface area contributed by atoms with Crippen molar-refractivity contribution in [3.05, 3.63) is 18.0 Å². The van der Waals surface area contributed by atoms with Gasteiger partial charge in [0.15, 0.2) is 5.65 Å². The number of fused-ring (bicyclic) bond motifs is 1. The number of alkyl halides is 3. The lowest BCUT2D eigenvalue weighted by molar-refractivity contribution is -0.146. The number of nitrogens with zero attached hydrogens (tertiary/aromatic N) is 5. The van der Waals surface area contributed by atoms with Crippen LogP contribution < -0.4 is 10.6 Å². The third kappa shape index (κ3) is 2.36. The summed E-state index contributed by atoms with van der Waals surface area (Å²) in [6, 6.07) is 2.95. The fraction of sp³-hybridized carbons (Fsp3) is 0.455. The van der Waals surface area contributed by atoms with Gasteiger partial charge in [-0.1, -0.05) is 0 Å². The number of anilines is 1. The van der Waals surface area contributed by atoms with Crippen LogP contribution in [0.3, 0.4) is 0 Å². The average Bonchev–Trinajstić information content (AvgIpc) is 3.04. The molecule has 0 saturated carbocycles. The van der Waals surface area contributed by atoms with Crippen molar-refractivity contribution in [1.82, 2.24) is 19.8 Å². The van der Waals surface area contributed by atoms with Gasteiger partial charge in [0.25, 0.3) is 5.82 Å². The average molecular weight is 300 g/mol. The first-order valence-electron chi connectivity index (χ1n) is 6.20. The molecule has 2 aromatic heterocycles. The SMILES string of the molecule is NC(=O)[C@H]1CCN(c2ccc3nnc(C(F)(F)F)n3n2)C1. The lowest BCUT2D eigenvalue weighted by atomic mass is 10.1. The van der Waals surface area contributed by atoms with Gasteiger partial charge in [-0.25, -0.2) is 0 Å². The van der Waals surface area contributed by atoms with E-state index < -0.39 is 17.9 Å². The number of carbonyl (C=O) groups is 1. The van der Waals surface area contributed by atoms with Gasteiger partial charge in [0.1, 0.15) is 5.82 Å². The molecule has 3 heterocycles. The fourth-order valence-corrected chi connectivity index (χ4v) is 2.33. The summed E-state index contributed by atoms with van der Waals surface area (Å²) in [4.78, 5) is 12.9. The highest BCUT2D eigenvalue weighted by Gasteiger charge is 2.38. The van der Waals surface area contributed by atoms with E-state index in [4.69, 9.17) is 5.73 Å². The number of halogens is 3. The van der Waals surface area contributed by atoms with E-state index in [1.54, 1.807) is 11.0 Å². The van der Waals surface area contributed by atoms with Crippen molar-refractivity contribution in [3.8, 4) is 0 Å². The summed E-state index contributed by atoms with van der Waals surface area (Å²) in [5, 5.41) is 10.5. The molecule has 112 valence electrons. The van der Waals surface area contributed by atoms with Crippen LogP contribution in [0.15, 0.2) is 12.1 Å². The molecule has 3 rings (SSSR count). The summed E-state index contributed by atoms with van der Waals surface area (Å²) < 4.78 is 39.0. The normalized spacial score (nSPS) is 19.4. The summed E-state index contributed by atoms with van der Waals surface area (Å²) in [6.45, 7) is 0.854. The largest absolute Gasteiger partial charge is 0.453 e. The highest BCUT2D eigenvalue weighted by molar-refractivity contribution is 5.78. The van der Waals surface area contributed by atoms with Crippen molar-refractivity contribution in [1.29, 1.82) is 0 Å². The Morgan fingerprint density at radius 1 is 1.33 bits per heavy atom. The Morgan fingerprint density at radius 3 is 2.71 bits per heavy atom. The predicted molar refractivity (Wildman–Crippen MR) is 65.3 cm³/mol. The number of aromatic nitrogens is 4. The van der Waals surface area contributed by atoms with Crippen LogP contribution in [0.4, 0.5) is 19.0 Å². The first kappa shape index (κ1) is 13.6. The molecular weight excluding hydrogens is 289 g/mol.